The van der Waals surface area contributed by atoms with Crippen LogP contribution < -0.4 is 0 Å². The molecule has 0 N–H and O–H groups in total. The Hall–Kier alpha value is 0.660. The molecule has 1 fully saturated rings. The summed E-state index contributed by atoms with van der Waals surface area (Å²) in [6, 6.07) is 0. The fraction of sp³-hybridized carbons (Fsp3) is 1.00. The van der Waals surface area contributed by atoms with Gasteiger partial charge in [-0.3, -0.25) is 0 Å². The van der Waals surface area contributed by atoms with Crippen LogP contribution in [0.2, 0.25) is 0 Å². The second-order valence-corrected chi connectivity index (χ2v) is 2.97. The number of rotatable bonds is 1. The number of hydrogen-bond acceptors (Lipinski definition) is 0. The third kappa shape index (κ3) is 1.27. The molecule has 1 aliphatic rings. The van der Waals surface area contributed by atoms with Crippen LogP contribution in [-0.2, 0) is 0 Å². The standard InChI is InChI=1S/C5H8FI/c6-5-1-4(2-5)3-7/h4-5H,1-3H2. The zero-order valence-corrected chi connectivity index (χ0v) is 6.19. The molecule has 0 nitrogen and oxygen atoms in total. The maximum Gasteiger partial charge on any atom is 0.101 e. The molecule has 7 heavy (non-hydrogen) atoms. The summed E-state index contributed by atoms with van der Waals surface area (Å²) >= 11 is 2.31. The quantitative estimate of drug-likeness (QED) is 0.463. The predicted molar refractivity (Wildman–Crippen MR) is 36.5 cm³/mol. The van der Waals surface area contributed by atoms with Crippen LogP contribution in [0.4, 0.5) is 4.39 Å². The Kier molecular flexibility index (Phi) is 1.89. The van der Waals surface area contributed by atoms with Gasteiger partial charge in [-0.1, -0.05) is 22.6 Å². The minimum Gasteiger partial charge on any atom is -0.247 e. The van der Waals surface area contributed by atoms with E-state index in [0.29, 0.717) is 5.92 Å². The van der Waals surface area contributed by atoms with Crippen LogP contribution in [0.5, 0.6) is 0 Å². The molecule has 0 saturated heterocycles. The van der Waals surface area contributed by atoms with Gasteiger partial charge in [0.2, 0.25) is 0 Å². The van der Waals surface area contributed by atoms with Crippen LogP contribution in [0, 0.1) is 5.92 Å². The summed E-state index contributed by atoms with van der Waals surface area (Å²) in [4.78, 5) is 0. The summed E-state index contributed by atoms with van der Waals surface area (Å²) in [5.41, 5.74) is 0. The Morgan fingerprint density at radius 2 is 2.14 bits per heavy atom. The molecule has 0 spiro atoms. The van der Waals surface area contributed by atoms with Crippen LogP contribution in [0.25, 0.3) is 0 Å². The Labute approximate surface area is 56.6 Å². The van der Waals surface area contributed by atoms with Crippen molar-refractivity contribution in [2.45, 2.75) is 19.0 Å². The van der Waals surface area contributed by atoms with E-state index < -0.39 is 6.17 Å². The van der Waals surface area contributed by atoms with Gasteiger partial charge in [-0.15, -0.1) is 0 Å². The highest BCUT2D eigenvalue weighted by molar-refractivity contribution is 14.1. The molecule has 0 atom stereocenters. The molecule has 0 amide bonds. The van der Waals surface area contributed by atoms with E-state index in [1.807, 2.05) is 0 Å². The van der Waals surface area contributed by atoms with Gasteiger partial charge >= 0.3 is 0 Å². The van der Waals surface area contributed by atoms with Crippen molar-refractivity contribution in [3.8, 4) is 0 Å². The van der Waals surface area contributed by atoms with Crippen molar-refractivity contribution in [1.29, 1.82) is 0 Å². The molecule has 2 heteroatoms. The SMILES string of the molecule is FC1CC(CI)C1. The number of halogens is 2. The first-order valence-electron chi connectivity index (χ1n) is 2.53. The third-order valence-electron chi connectivity index (χ3n) is 1.40. The fourth-order valence-electron chi connectivity index (χ4n) is 0.780. The molecule has 1 saturated carbocycles. The molecule has 0 bridgehead atoms. The predicted octanol–water partition coefficient (Wildman–Crippen LogP) is 2.17. The minimum atomic E-state index is -0.459. The lowest BCUT2D eigenvalue weighted by molar-refractivity contribution is 0.149. The molecule has 0 aromatic carbocycles. The van der Waals surface area contributed by atoms with Gasteiger partial charge in [0, 0.05) is 4.43 Å². The number of hydrogen-bond donors (Lipinski definition) is 0. The van der Waals surface area contributed by atoms with E-state index in [0.717, 1.165) is 17.3 Å². The lowest BCUT2D eigenvalue weighted by atomic mass is 9.85. The van der Waals surface area contributed by atoms with Crippen LogP contribution >= 0.6 is 22.6 Å². The van der Waals surface area contributed by atoms with Crippen molar-refractivity contribution in [3.05, 3.63) is 0 Å². The van der Waals surface area contributed by atoms with E-state index in [4.69, 9.17) is 0 Å². The van der Waals surface area contributed by atoms with Gasteiger partial charge in [0.25, 0.3) is 0 Å². The number of alkyl halides is 2. The maximum absolute atomic E-state index is 12.0. The van der Waals surface area contributed by atoms with Crippen molar-refractivity contribution in [1.82, 2.24) is 0 Å². The van der Waals surface area contributed by atoms with Crippen molar-refractivity contribution in [2.75, 3.05) is 4.43 Å². The third-order valence-corrected chi connectivity index (χ3v) is 2.64. The molecule has 0 aromatic rings. The largest absolute Gasteiger partial charge is 0.247 e. The summed E-state index contributed by atoms with van der Waals surface area (Å²) in [7, 11) is 0. The zero-order chi connectivity index (χ0) is 5.28. The molecule has 1 rings (SSSR count). The van der Waals surface area contributed by atoms with Crippen LogP contribution in [0.3, 0.4) is 0 Å². The van der Waals surface area contributed by atoms with Gasteiger partial charge in [-0.2, -0.15) is 0 Å². The molecule has 0 heterocycles. The molecular weight excluding hydrogens is 206 g/mol. The summed E-state index contributed by atoms with van der Waals surface area (Å²) in [5.74, 6) is 0.704. The van der Waals surface area contributed by atoms with Crippen LogP contribution in [0.15, 0.2) is 0 Å². The van der Waals surface area contributed by atoms with Gasteiger partial charge in [-0.05, 0) is 18.8 Å². The highest BCUT2D eigenvalue weighted by Gasteiger charge is 2.27. The zero-order valence-electron chi connectivity index (χ0n) is 4.03. The van der Waals surface area contributed by atoms with E-state index in [1.165, 1.54) is 0 Å². The Bertz CT molecular complexity index is 59.1. The average molecular weight is 214 g/mol. The Morgan fingerprint density at radius 3 is 2.29 bits per heavy atom. The van der Waals surface area contributed by atoms with Gasteiger partial charge in [0.15, 0.2) is 0 Å². The second kappa shape index (κ2) is 2.29. The first-order valence-corrected chi connectivity index (χ1v) is 4.05. The molecule has 0 aromatic heterocycles. The van der Waals surface area contributed by atoms with Crippen LogP contribution in [-0.4, -0.2) is 10.6 Å². The first kappa shape index (κ1) is 5.79. The lowest BCUT2D eigenvalue weighted by Gasteiger charge is -2.27. The van der Waals surface area contributed by atoms with E-state index in [9.17, 15) is 4.39 Å². The van der Waals surface area contributed by atoms with Gasteiger partial charge in [0.05, 0.1) is 0 Å². The minimum absolute atomic E-state index is 0.459. The summed E-state index contributed by atoms with van der Waals surface area (Å²) in [6.07, 6.45) is 1.19. The van der Waals surface area contributed by atoms with E-state index in [1.54, 1.807) is 0 Å². The Morgan fingerprint density at radius 1 is 1.57 bits per heavy atom. The van der Waals surface area contributed by atoms with Gasteiger partial charge < -0.3 is 0 Å². The fourth-order valence-corrected chi connectivity index (χ4v) is 1.50. The van der Waals surface area contributed by atoms with E-state index >= 15 is 0 Å². The first-order chi connectivity index (χ1) is 3.33. The van der Waals surface area contributed by atoms with E-state index in [2.05, 4.69) is 22.6 Å². The van der Waals surface area contributed by atoms with E-state index in [-0.39, 0.29) is 0 Å². The van der Waals surface area contributed by atoms with Crippen molar-refractivity contribution in [3.63, 3.8) is 0 Å². The highest BCUT2D eigenvalue weighted by atomic mass is 127. The van der Waals surface area contributed by atoms with Crippen LogP contribution in [0.1, 0.15) is 12.8 Å². The monoisotopic (exact) mass is 214 g/mol. The summed E-state index contributed by atoms with van der Waals surface area (Å²) < 4.78 is 13.1. The average Bonchev–Trinajstić information content (AvgIpc) is 1.58. The molecule has 0 aliphatic heterocycles. The smallest absolute Gasteiger partial charge is 0.101 e. The maximum atomic E-state index is 12.0. The highest BCUT2D eigenvalue weighted by Crippen LogP contribution is 2.31. The molecule has 0 radical (unpaired) electrons. The normalized spacial score (nSPS) is 40.3. The topological polar surface area (TPSA) is 0 Å². The molecule has 0 unspecified atom stereocenters. The Balaban J connectivity index is 2.06. The van der Waals surface area contributed by atoms with Crippen molar-refractivity contribution in [2.24, 2.45) is 5.92 Å². The van der Waals surface area contributed by atoms with Crippen molar-refractivity contribution < 1.29 is 4.39 Å². The summed E-state index contributed by atoms with van der Waals surface area (Å²) in [6.45, 7) is 0. The summed E-state index contributed by atoms with van der Waals surface area (Å²) in [5, 5.41) is 0. The molecule has 1 aliphatic carbocycles. The molecular formula is C5H8FI. The van der Waals surface area contributed by atoms with Gasteiger partial charge in [-0.25, -0.2) is 4.39 Å². The molecule has 42 valence electrons. The van der Waals surface area contributed by atoms with Gasteiger partial charge in [0.1, 0.15) is 6.17 Å². The lowest BCUT2D eigenvalue weighted by Crippen LogP contribution is -2.25. The van der Waals surface area contributed by atoms with Crippen molar-refractivity contribution >= 4 is 22.6 Å². The second-order valence-electron chi connectivity index (χ2n) is 2.09.